The van der Waals surface area contributed by atoms with Gasteiger partial charge < -0.3 is 15.1 Å². The molecular weight excluding hydrogens is 316 g/mol. The second-order valence-corrected chi connectivity index (χ2v) is 7.27. The Morgan fingerprint density at radius 1 is 1.08 bits per heavy atom. The van der Waals surface area contributed by atoms with Crippen LogP contribution in [0.5, 0.6) is 0 Å². The predicted molar refractivity (Wildman–Crippen MR) is 95.1 cm³/mol. The highest BCUT2D eigenvalue weighted by Gasteiger charge is 2.31. The summed E-state index contributed by atoms with van der Waals surface area (Å²) in [5, 5.41) is 2.87. The molecule has 0 atom stereocenters. The molecule has 0 spiro atoms. The molecule has 2 fully saturated rings. The molecule has 0 bridgehead atoms. The monoisotopic (exact) mass is 342 g/mol. The van der Waals surface area contributed by atoms with Gasteiger partial charge in [0, 0.05) is 45.3 Å². The molecule has 6 nitrogen and oxygen atoms in total. The van der Waals surface area contributed by atoms with E-state index in [1.54, 1.807) is 0 Å². The summed E-state index contributed by atoms with van der Waals surface area (Å²) in [7, 11) is 0. The molecule has 0 unspecified atom stereocenters. The minimum atomic E-state index is 0.0708. The van der Waals surface area contributed by atoms with E-state index in [4.69, 9.17) is 0 Å². The molecule has 0 aromatic heterocycles. The maximum absolute atomic E-state index is 12.7. The summed E-state index contributed by atoms with van der Waals surface area (Å²) in [5.41, 5.74) is 2.65. The first-order valence-corrected chi connectivity index (χ1v) is 9.32. The number of nitrogens with one attached hydrogen (secondary N) is 1. The number of fused-ring (bicyclic) bond motifs is 1. The largest absolute Gasteiger partial charge is 0.337 e. The van der Waals surface area contributed by atoms with Gasteiger partial charge in [-0.25, -0.2) is 4.79 Å². The van der Waals surface area contributed by atoms with Gasteiger partial charge in [0.1, 0.15) is 0 Å². The number of hydrogen-bond donors (Lipinski definition) is 1. The Kier molecular flexibility index (Phi) is 4.61. The quantitative estimate of drug-likeness (QED) is 0.894. The van der Waals surface area contributed by atoms with Gasteiger partial charge in [0.15, 0.2) is 0 Å². The second-order valence-electron chi connectivity index (χ2n) is 7.27. The topological polar surface area (TPSA) is 55.9 Å². The normalized spacial score (nSPS) is 22.0. The van der Waals surface area contributed by atoms with E-state index in [1.807, 2.05) is 15.9 Å². The van der Waals surface area contributed by atoms with Crippen LogP contribution in [0.2, 0.25) is 0 Å². The van der Waals surface area contributed by atoms with Crippen molar-refractivity contribution in [1.29, 1.82) is 0 Å². The van der Waals surface area contributed by atoms with Crippen molar-refractivity contribution in [2.24, 2.45) is 0 Å². The smallest absolute Gasteiger partial charge is 0.317 e. The Labute approximate surface area is 148 Å². The number of likely N-dealkylation sites (tertiary alicyclic amines) is 1. The number of rotatable bonds is 3. The highest BCUT2D eigenvalue weighted by Crippen LogP contribution is 2.21. The number of urea groups is 1. The molecule has 25 heavy (non-hydrogen) atoms. The van der Waals surface area contributed by atoms with E-state index in [1.165, 1.54) is 11.1 Å². The first kappa shape index (κ1) is 16.4. The molecule has 2 saturated heterocycles. The molecule has 6 heteroatoms. The van der Waals surface area contributed by atoms with Gasteiger partial charge in [-0.05, 0) is 30.4 Å². The van der Waals surface area contributed by atoms with Gasteiger partial charge in [-0.1, -0.05) is 24.3 Å². The average molecular weight is 342 g/mol. The maximum Gasteiger partial charge on any atom is 0.317 e. The molecule has 3 amide bonds. The SMILES string of the molecule is O=C(CN1CCC(N2CCNC2=O)CC1)N1CCc2ccccc2C1. The molecular formula is C19H26N4O2. The van der Waals surface area contributed by atoms with Crippen LogP contribution in [0.15, 0.2) is 24.3 Å². The van der Waals surface area contributed by atoms with Gasteiger partial charge in [0.25, 0.3) is 0 Å². The van der Waals surface area contributed by atoms with Crippen LogP contribution >= 0.6 is 0 Å². The van der Waals surface area contributed by atoms with E-state index in [0.29, 0.717) is 12.6 Å². The Morgan fingerprint density at radius 2 is 1.84 bits per heavy atom. The molecule has 0 aliphatic carbocycles. The fourth-order valence-corrected chi connectivity index (χ4v) is 4.22. The molecule has 3 heterocycles. The summed E-state index contributed by atoms with van der Waals surface area (Å²) < 4.78 is 0. The Hall–Kier alpha value is -2.08. The number of hydrogen-bond acceptors (Lipinski definition) is 3. The minimum absolute atomic E-state index is 0.0708. The maximum atomic E-state index is 12.7. The van der Waals surface area contributed by atoms with Gasteiger partial charge in [-0.2, -0.15) is 0 Å². The van der Waals surface area contributed by atoms with Crippen LogP contribution in [-0.4, -0.2) is 71.9 Å². The highest BCUT2D eigenvalue weighted by molar-refractivity contribution is 5.78. The first-order chi connectivity index (χ1) is 12.2. The summed E-state index contributed by atoms with van der Waals surface area (Å²) in [6.45, 7) is 5.42. The minimum Gasteiger partial charge on any atom is -0.337 e. The van der Waals surface area contributed by atoms with Crippen LogP contribution in [0.1, 0.15) is 24.0 Å². The molecule has 3 aliphatic heterocycles. The van der Waals surface area contributed by atoms with Gasteiger partial charge >= 0.3 is 6.03 Å². The number of piperidine rings is 1. The third-order valence-corrected chi connectivity index (χ3v) is 5.73. The van der Waals surface area contributed by atoms with Crippen molar-refractivity contribution in [1.82, 2.24) is 20.0 Å². The molecule has 1 aromatic rings. The molecule has 1 aromatic carbocycles. The van der Waals surface area contributed by atoms with Gasteiger partial charge in [0.2, 0.25) is 5.91 Å². The zero-order valence-corrected chi connectivity index (χ0v) is 14.6. The fraction of sp³-hybridized carbons (Fsp3) is 0.579. The van der Waals surface area contributed by atoms with Crippen molar-refractivity contribution < 1.29 is 9.59 Å². The fourth-order valence-electron chi connectivity index (χ4n) is 4.22. The lowest BCUT2D eigenvalue weighted by atomic mass is 10.00. The van der Waals surface area contributed by atoms with Crippen LogP contribution in [0.4, 0.5) is 4.79 Å². The van der Waals surface area contributed by atoms with Crippen molar-refractivity contribution in [3.05, 3.63) is 35.4 Å². The van der Waals surface area contributed by atoms with E-state index in [0.717, 1.165) is 58.5 Å². The lowest BCUT2D eigenvalue weighted by Crippen LogP contribution is -2.49. The van der Waals surface area contributed by atoms with Crippen LogP contribution < -0.4 is 5.32 Å². The number of amides is 3. The first-order valence-electron chi connectivity index (χ1n) is 9.32. The predicted octanol–water partition coefficient (Wildman–Crippen LogP) is 1.06. The molecule has 134 valence electrons. The summed E-state index contributed by atoms with van der Waals surface area (Å²) in [4.78, 5) is 30.6. The van der Waals surface area contributed by atoms with E-state index < -0.39 is 0 Å². The Morgan fingerprint density at radius 3 is 2.56 bits per heavy atom. The lowest BCUT2D eigenvalue weighted by Gasteiger charge is -2.37. The van der Waals surface area contributed by atoms with E-state index in [-0.39, 0.29) is 11.9 Å². The summed E-state index contributed by atoms with van der Waals surface area (Å²) in [6, 6.07) is 8.81. The molecule has 0 saturated carbocycles. The Bertz CT molecular complexity index is 655. The van der Waals surface area contributed by atoms with Crippen LogP contribution in [-0.2, 0) is 17.8 Å². The summed E-state index contributed by atoms with van der Waals surface area (Å²) in [5.74, 6) is 0.229. The second kappa shape index (κ2) is 7.04. The van der Waals surface area contributed by atoms with Crippen molar-refractivity contribution in [3.63, 3.8) is 0 Å². The number of nitrogens with zero attached hydrogens (tertiary/aromatic N) is 3. The molecule has 3 aliphatic rings. The third kappa shape index (κ3) is 3.49. The van der Waals surface area contributed by atoms with Gasteiger partial charge in [-0.15, -0.1) is 0 Å². The molecule has 0 radical (unpaired) electrons. The standard InChI is InChI=1S/C19H26N4O2/c24-18(22-11-5-15-3-1-2-4-16(15)13-22)14-21-9-6-17(7-10-21)23-12-8-20-19(23)25/h1-4,17H,5-14H2,(H,20,25). The number of carbonyl (C=O) groups is 2. The number of carbonyl (C=O) groups excluding carboxylic acids is 2. The Balaban J connectivity index is 1.27. The van der Waals surface area contributed by atoms with Crippen LogP contribution in [0.25, 0.3) is 0 Å². The van der Waals surface area contributed by atoms with Crippen molar-refractivity contribution in [3.8, 4) is 0 Å². The molecule has 1 N–H and O–H groups in total. The lowest BCUT2D eigenvalue weighted by molar-refractivity contribution is -0.133. The van der Waals surface area contributed by atoms with Gasteiger partial charge in [-0.3, -0.25) is 9.69 Å². The van der Waals surface area contributed by atoms with Gasteiger partial charge in [0.05, 0.1) is 6.54 Å². The summed E-state index contributed by atoms with van der Waals surface area (Å²) in [6.07, 6.45) is 2.88. The summed E-state index contributed by atoms with van der Waals surface area (Å²) >= 11 is 0. The average Bonchev–Trinajstić information content (AvgIpc) is 3.08. The van der Waals surface area contributed by atoms with E-state index >= 15 is 0 Å². The third-order valence-electron chi connectivity index (χ3n) is 5.73. The van der Waals surface area contributed by atoms with Crippen molar-refractivity contribution in [2.75, 3.05) is 39.3 Å². The zero-order valence-electron chi connectivity index (χ0n) is 14.6. The van der Waals surface area contributed by atoms with Crippen molar-refractivity contribution in [2.45, 2.75) is 31.8 Å². The number of benzene rings is 1. The zero-order chi connectivity index (χ0) is 17.2. The van der Waals surface area contributed by atoms with Crippen molar-refractivity contribution >= 4 is 11.9 Å². The molecule has 4 rings (SSSR count). The van der Waals surface area contributed by atoms with Crippen LogP contribution in [0.3, 0.4) is 0 Å². The van der Waals surface area contributed by atoms with Crippen LogP contribution in [0, 0.1) is 0 Å². The van der Waals surface area contributed by atoms with E-state index in [2.05, 4.69) is 28.4 Å². The van der Waals surface area contributed by atoms with E-state index in [9.17, 15) is 9.59 Å². The highest BCUT2D eigenvalue weighted by atomic mass is 16.2.